The molecule has 0 fully saturated rings. The van der Waals surface area contributed by atoms with Crippen molar-refractivity contribution in [3.8, 4) is 11.8 Å². The van der Waals surface area contributed by atoms with E-state index in [-0.39, 0.29) is 0 Å². The Morgan fingerprint density at radius 1 is 1.50 bits per heavy atom. The van der Waals surface area contributed by atoms with Gasteiger partial charge in [-0.3, -0.25) is 0 Å². The first-order valence-corrected chi connectivity index (χ1v) is 5.01. The minimum atomic E-state index is 0.594. The highest BCUT2D eigenvalue weighted by Gasteiger charge is 2.05. The third-order valence-electron chi connectivity index (χ3n) is 1.83. The van der Waals surface area contributed by atoms with E-state index in [1.54, 1.807) is 0 Å². The van der Waals surface area contributed by atoms with Crippen LogP contribution in [0.1, 0.15) is 35.9 Å². The molecule has 1 unspecified atom stereocenters. The van der Waals surface area contributed by atoms with E-state index in [1.165, 1.54) is 9.75 Å². The van der Waals surface area contributed by atoms with Gasteiger partial charge in [-0.2, -0.15) is 0 Å². The van der Waals surface area contributed by atoms with Gasteiger partial charge in [-0.15, -0.1) is 23.2 Å². The summed E-state index contributed by atoms with van der Waals surface area (Å²) < 4.78 is 0. The number of hydrogen-bond acceptors (Lipinski definition) is 1. The van der Waals surface area contributed by atoms with Crippen molar-refractivity contribution in [1.29, 1.82) is 0 Å². The molecule has 0 nitrogen and oxygen atoms in total. The van der Waals surface area contributed by atoms with Crippen molar-refractivity contribution in [2.45, 2.75) is 33.1 Å². The van der Waals surface area contributed by atoms with E-state index in [1.807, 2.05) is 18.3 Å². The fraction of sp³-hybridized carbons (Fsp3) is 0.455. The molecule has 0 bridgehead atoms. The maximum absolute atomic E-state index is 3.11. The smallest absolute Gasteiger partial charge is 0.0163 e. The molecule has 0 amide bonds. The van der Waals surface area contributed by atoms with Crippen molar-refractivity contribution in [3.05, 3.63) is 21.9 Å². The van der Waals surface area contributed by atoms with Gasteiger partial charge in [0.2, 0.25) is 0 Å². The lowest BCUT2D eigenvalue weighted by atomic mass is 10.1. The van der Waals surface area contributed by atoms with Crippen molar-refractivity contribution < 1.29 is 0 Å². The van der Waals surface area contributed by atoms with Gasteiger partial charge in [0.1, 0.15) is 0 Å². The van der Waals surface area contributed by atoms with E-state index in [9.17, 15) is 0 Å². The minimum absolute atomic E-state index is 0.594. The fourth-order valence-corrected chi connectivity index (χ4v) is 2.00. The van der Waals surface area contributed by atoms with Gasteiger partial charge in [-0.25, -0.2) is 0 Å². The van der Waals surface area contributed by atoms with Gasteiger partial charge < -0.3 is 0 Å². The second-order valence-electron chi connectivity index (χ2n) is 2.98. The Kier molecular flexibility index (Phi) is 3.37. The predicted molar refractivity (Wildman–Crippen MR) is 55.5 cm³/mol. The topological polar surface area (TPSA) is 0 Å². The summed E-state index contributed by atoms with van der Waals surface area (Å²) in [6.07, 6.45) is 0.983. The Morgan fingerprint density at radius 2 is 2.25 bits per heavy atom. The van der Waals surface area contributed by atoms with E-state index >= 15 is 0 Å². The molecule has 0 aliphatic heterocycles. The summed E-state index contributed by atoms with van der Waals surface area (Å²) in [4.78, 5) is 2.84. The van der Waals surface area contributed by atoms with Crippen LogP contribution in [0.5, 0.6) is 0 Å². The molecule has 0 aliphatic rings. The van der Waals surface area contributed by atoms with Crippen molar-refractivity contribution in [3.63, 3.8) is 0 Å². The first kappa shape index (κ1) is 9.35. The van der Waals surface area contributed by atoms with Gasteiger partial charge >= 0.3 is 0 Å². The number of rotatable bonds is 2. The third kappa shape index (κ3) is 2.39. The van der Waals surface area contributed by atoms with Crippen molar-refractivity contribution in [2.24, 2.45) is 0 Å². The number of aryl methyl sites for hydroxylation is 1. The van der Waals surface area contributed by atoms with Crippen LogP contribution in [0.2, 0.25) is 0 Å². The monoisotopic (exact) mass is 178 g/mol. The van der Waals surface area contributed by atoms with Gasteiger partial charge in [-0.05, 0) is 26.0 Å². The third-order valence-corrected chi connectivity index (χ3v) is 3.06. The van der Waals surface area contributed by atoms with Crippen LogP contribution >= 0.6 is 11.3 Å². The Balaban J connectivity index is 2.62. The molecule has 1 aromatic heterocycles. The molecular formula is C11H14S. The van der Waals surface area contributed by atoms with Crippen LogP contribution in [0.3, 0.4) is 0 Å². The van der Waals surface area contributed by atoms with Crippen LogP contribution in [-0.2, 0) is 0 Å². The molecule has 0 aliphatic carbocycles. The Bertz CT molecular complexity index is 298. The summed E-state index contributed by atoms with van der Waals surface area (Å²) in [5.74, 6) is 6.64. The van der Waals surface area contributed by atoms with E-state index in [4.69, 9.17) is 0 Å². The number of thiophene rings is 1. The van der Waals surface area contributed by atoms with E-state index in [2.05, 4.69) is 37.8 Å². The predicted octanol–water partition coefficient (Wildman–Crippen LogP) is 3.57. The average Bonchev–Trinajstić information content (AvgIpc) is 2.47. The SMILES string of the molecule is CC#CCC(C)c1ccc(C)s1. The summed E-state index contributed by atoms with van der Waals surface area (Å²) >= 11 is 1.88. The summed E-state index contributed by atoms with van der Waals surface area (Å²) in [7, 11) is 0. The van der Waals surface area contributed by atoms with Crippen LogP contribution in [0, 0.1) is 18.8 Å². The highest BCUT2D eigenvalue weighted by Crippen LogP contribution is 2.25. The van der Waals surface area contributed by atoms with Crippen LogP contribution in [-0.4, -0.2) is 0 Å². The second-order valence-corrected chi connectivity index (χ2v) is 4.30. The minimum Gasteiger partial charge on any atom is -0.145 e. The van der Waals surface area contributed by atoms with Gasteiger partial charge in [-0.1, -0.05) is 6.92 Å². The highest BCUT2D eigenvalue weighted by molar-refractivity contribution is 7.12. The lowest BCUT2D eigenvalue weighted by molar-refractivity contribution is 0.814. The molecule has 0 radical (unpaired) electrons. The van der Waals surface area contributed by atoms with Crippen LogP contribution in [0.4, 0.5) is 0 Å². The second kappa shape index (κ2) is 4.33. The van der Waals surface area contributed by atoms with E-state index in [0.29, 0.717) is 5.92 Å². The summed E-state index contributed by atoms with van der Waals surface area (Å²) in [5.41, 5.74) is 0. The molecule has 64 valence electrons. The molecule has 0 saturated carbocycles. The van der Waals surface area contributed by atoms with Crippen molar-refractivity contribution in [1.82, 2.24) is 0 Å². The Morgan fingerprint density at radius 3 is 2.75 bits per heavy atom. The molecule has 0 aromatic carbocycles. The molecule has 1 heteroatoms. The van der Waals surface area contributed by atoms with Crippen LogP contribution in [0.25, 0.3) is 0 Å². The van der Waals surface area contributed by atoms with Crippen molar-refractivity contribution in [2.75, 3.05) is 0 Å². The summed E-state index contributed by atoms with van der Waals surface area (Å²) in [6.45, 7) is 6.27. The average molecular weight is 178 g/mol. The van der Waals surface area contributed by atoms with Crippen molar-refractivity contribution >= 4 is 11.3 Å². The summed E-state index contributed by atoms with van der Waals surface area (Å²) in [5, 5.41) is 0. The van der Waals surface area contributed by atoms with Crippen LogP contribution < -0.4 is 0 Å². The first-order valence-electron chi connectivity index (χ1n) is 4.20. The molecule has 1 aromatic rings. The van der Waals surface area contributed by atoms with Gasteiger partial charge in [0.15, 0.2) is 0 Å². The molecule has 0 spiro atoms. The van der Waals surface area contributed by atoms with Gasteiger partial charge in [0.05, 0.1) is 0 Å². The Hall–Kier alpha value is -0.740. The number of hydrogen-bond donors (Lipinski definition) is 0. The first-order chi connectivity index (χ1) is 5.74. The molecule has 0 N–H and O–H groups in total. The zero-order valence-electron chi connectivity index (χ0n) is 7.85. The zero-order valence-corrected chi connectivity index (χ0v) is 8.66. The molecular weight excluding hydrogens is 164 g/mol. The van der Waals surface area contributed by atoms with Crippen LogP contribution in [0.15, 0.2) is 12.1 Å². The highest BCUT2D eigenvalue weighted by atomic mass is 32.1. The van der Waals surface area contributed by atoms with Gasteiger partial charge in [0, 0.05) is 22.1 Å². The maximum atomic E-state index is 3.11. The maximum Gasteiger partial charge on any atom is 0.0163 e. The largest absolute Gasteiger partial charge is 0.145 e. The van der Waals surface area contributed by atoms with E-state index in [0.717, 1.165) is 6.42 Å². The van der Waals surface area contributed by atoms with Gasteiger partial charge in [0.25, 0.3) is 0 Å². The normalized spacial score (nSPS) is 11.9. The quantitative estimate of drug-likeness (QED) is 0.607. The molecule has 1 rings (SSSR count). The lowest BCUT2D eigenvalue weighted by Gasteiger charge is -2.02. The van der Waals surface area contributed by atoms with E-state index < -0.39 is 0 Å². The molecule has 1 atom stereocenters. The molecule has 0 saturated heterocycles. The lowest BCUT2D eigenvalue weighted by Crippen LogP contribution is -1.86. The molecule has 1 heterocycles. The zero-order chi connectivity index (χ0) is 8.97. The molecule has 12 heavy (non-hydrogen) atoms. The Labute approximate surface area is 78.6 Å². The fourth-order valence-electron chi connectivity index (χ4n) is 1.07. The standard InChI is InChI=1S/C11H14S/c1-4-5-6-9(2)11-8-7-10(3)12-11/h7-9H,6H2,1-3H3. The summed E-state index contributed by atoms with van der Waals surface area (Å²) in [6, 6.07) is 4.39.